The van der Waals surface area contributed by atoms with E-state index in [0.717, 1.165) is 11.0 Å². The van der Waals surface area contributed by atoms with Gasteiger partial charge in [-0.15, -0.1) is 0 Å². The Hall–Kier alpha value is -1.91. The van der Waals surface area contributed by atoms with Crippen molar-refractivity contribution in [3.63, 3.8) is 0 Å². The summed E-state index contributed by atoms with van der Waals surface area (Å²) in [6, 6.07) is 5.92. The van der Waals surface area contributed by atoms with Gasteiger partial charge in [-0.1, -0.05) is 16.4 Å². The van der Waals surface area contributed by atoms with Gasteiger partial charge in [-0.05, 0) is 24.6 Å². The molecule has 0 unspecified atom stereocenters. The van der Waals surface area contributed by atoms with Crippen molar-refractivity contribution >= 4 is 17.0 Å². The predicted molar refractivity (Wildman–Crippen MR) is 49.5 cm³/mol. The van der Waals surface area contributed by atoms with Crippen LogP contribution >= 0.6 is 0 Å². The monoisotopic (exact) mass is 175 g/mol. The van der Waals surface area contributed by atoms with Crippen molar-refractivity contribution in [3.05, 3.63) is 23.8 Å². The molecule has 0 fully saturated rings. The number of nitrogens with zero attached hydrogens (tertiary/aromatic N) is 3. The number of nitrogens with two attached hydrogens (primary N) is 1. The fourth-order valence-corrected chi connectivity index (χ4v) is 1.21. The smallest absolute Gasteiger partial charge is 0.249 e. The number of aromatic amines is 1. The normalized spacial score (nSPS) is 11.5. The lowest BCUT2D eigenvalue weighted by molar-refractivity contribution is 1.02. The van der Waals surface area contributed by atoms with Crippen LogP contribution in [0.2, 0.25) is 0 Å². The van der Waals surface area contributed by atoms with E-state index in [2.05, 4.69) is 20.3 Å². The second-order valence-electron chi connectivity index (χ2n) is 2.80. The van der Waals surface area contributed by atoms with Gasteiger partial charge in [-0.25, -0.2) is 4.98 Å². The van der Waals surface area contributed by atoms with Crippen LogP contribution in [0.25, 0.3) is 11.0 Å². The number of H-pyrrole nitrogens is 1. The van der Waals surface area contributed by atoms with Crippen LogP contribution in [0.3, 0.4) is 0 Å². The molecule has 0 saturated heterocycles. The molecule has 1 aromatic heterocycles. The van der Waals surface area contributed by atoms with Crippen molar-refractivity contribution in [1.29, 1.82) is 0 Å². The Morgan fingerprint density at radius 1 is 1.46 bits per heavy atom. The fourth-order valence-electron chi connectivity index (χ4n) is 1.21. The summed E-state index contributed by atoms with van der Waals surface area (Å²) in [5, 5.41) is 6.76. The first kappa shape index (κ1) is 7.72. The second-order valence-corrected chi connectivity index (χ2v) is 2.80. The van der Waals surface area contributed by atoms with Crippen molar-refractivity contribution in [1.82, 2.24) is 9.97 Å². The summed E-state index contributed by atoms with van der Waals surface area (Å²) >= 11 is 0. The number of nitrogens with one attached hydrogen (secondary N) is 1. The molecule has 0 aliphatic heterocycles. The van der Waals surface area contributed by atoms with Gasteiger partial charge in [0.05, 0.1) is 11.0 Å². The summed E-state index contributed by atoms with van der Waals surface area (Å²) < 4.78 is 0. The molecule has 0 aliphatic carbocycles. The first-order chi connectivity index (χ1) is 6.29. The zero-order valence-corrected chi connectivity index (χ0v) is 7.15. The van der Waals surface area contributed by atoms with E-state index in [4.69, 9.17) is 5.84 Å². The van der Waals surface area contributed by atoms with Crippen LogP contribution in [0.15, 0.2) is 28.5 Å². The minimum atomic E-state index is 0.433. The molecule has 2 rings (SSSR count). The van der Waals surface area contributed by atoms with Crippen LogP contribution < -0.4 is 5.84 Å². The molecule has 0 amide bonds. The van der Waals surface area contributed by atoms with Gasteiger partial charge in [-0.2, -0.15) is 0 Å². The summed E-state index contributed by atoms with van der Waals surface area (Å²) in [7, 11) is 0. The van der Waals surface area contributed by atoms with Crippen LogP contribution in [0.4, 0.5) is 5.95 Å². The Labute approximate surface area is 74.7 Å². The van der Waals surface area contributed by atoms with E-state index in [1.807, 2.05) is 25.1 Å². The number of imidazole rings is 1. The Bertz CT molecular complexity index is 457. The lowest BCUT2D eigenvalue weighted by Gasteiger charge is -1.88. The maximum atomic E-state index is 4.91. The van der Waals surface area contributed by atoms with E-state index in [1.165, 1.54) is 5.56 Å². The average Bonchev–Trinajstić information content (AvgIpc) is 2.46. The molecule has 66 valence electrons. The van der Waals surface area contributed by atoms with E-state index in [0.29, 0.717) is 5.95 Å². The standard InChI is InChI=1S/C8H9N5/c1-5-2-3-6-7(4-5)11-8(10-6)12-13-9/h2-4H,1H3,(H3,9,10,11,12). The van der Waals surface area contributed by atoms with Crippen molar-refractivity contribution in [2.24, 2.45) is 16.2 Å². The van der Waals surface area contributed by atoms with E-state index < -0.39 is 0 Å². The van der Waals surface area contributed by atoms with Gasteiger partial charge in [-0.3, -0.25) is 0 Å². The van der Waals surface area contributed by atoms with Crippen molar-refractivity contribution in [2.45, 2.75) is 6.92 Å². The number of fused-ring (bicyclic) bond motifs is 1. The number of hydrogen-bond donors (Lipinski definition) is 2. The highest BCUT2D eigenvalue weighted by atomic mass is 15.3. The van der Waals surface area contributed by atoms with Gasteiger partial charge in [0.2, 0.25) is 5.95 Å². The van der Waals surface area contributed by atoms with Crippen LogP contribution in [-0.4, -0.2) is 9.97 Å². The Morgan fingerprint density at radius 2 is 2.31 bits per heavy atom. The van der Waals surface area contributed by atoms with Gasteiger partial charge >= 0.3 is 0 Å². The van der Waals surface area contributed by atoms with Crippen LogP contribution in [0.5, 0.6) is 0 Å². The molecule has 1 heterocycles. The number of aromatic nitrogens is 2. The summed E-state index contributed by atoms with van der Waals surface area (Å²) in [6.07, 6.45) is 0. The first-order valence-corrected chi connectivity index (χ1v) is 3.87. The highest BCUT2D eigenvalue weighted by molar-refractivity contribution is 5.77. The molecule has 0 bridgehead atoms. The highest BCUT2D eigenvalue weighted by Gasteiger charge is 2.00. The molecule has 2 aromatic rings. The first-order valence-electron chi connectivity index (χ1n) is 3.87. The summed E-state index contributed by atoms with van der Waals surface area (Å²) in [5.74, 6) is 5.34. The van der Waals surface area contributed by atoms with E-state index in [9.17, 15) is 0 Å². The van der Waals surface area contributed by atoms with Crippen molar-refractivity contribution in [3.8, 4) is 0 Å². The van der Waals surface area contributed by atoms with Gasteiger partial charge in [0, 0.05) is 0 Å². The zero-order chi connectivity index (χ0) is 9.26. The lowest BCUT2D eigenvalue weighted by atomic mass is 10.2. The highest BCUT2D eigenvalue weighted by Crippen LogP contribution is 2.17. The molecular weight excluding hydrogens is 166 g/mol. The molecule has 0 spiro atoms. The lowest BCUT2D eigenvalue weighted by Crippen LogP contribution is -1.74. The third-order valence-electron chi connectivity index (χ3n) is 1.78. The summed E-state index contributed by atoms with van der Waals surface area (Å²) in [5.41, 5.74) is 2.99. The van der Waals surface area contributed by atoms with Gasteiger partial charge in [0.1, 0.15) is 0 Å². The topological polar surface area (TPSA) is 79.4 Å². The number of aryl methyl sites for hydroxylation is 1. The summed E-state index contributed by atoms with van der Waals surface area (Å²) in [4.78, 5) is 7.13. The number of rotatable bonds is 1. The number of hydrogen-bond acceptors (Lipinski definition) is 3. The molecule has 5 heteroatoms. The van der Waals surface area contributed by atoms with Gasteiger partial charge in [0.25, 0.3) is 0 Å². The van der Waals surface area contributed by atoms with Crippen LogP contribution in [0, 0.1) is 6.92 Å². The van der Waals surface area contributed by atoms with Gasteiger partial charge in [0.15, 0.2) is 0 Å². The maximum absolute atomic E-state index is 4.91. The molecule has 5 nitrogen and oxygen atoms in total. The minimum absolute atomic E-state index is 0.433. The van der Waals surface area contributed by atoms with Crippen LogP contribution in [0.1, 0.15) is 5.56 Å². The maximum Gasteiger partial charge on any atom is 0.249 e. The molecule has 0 radical (unpaired) electrons. The predicted octanol–water partition coefficient (Wildman–Crippen LogP) is 1.83. The largest absolute Gasteiger partial charge is 0.321 e. The van der Waals surface area contributed by atoms with Crippen LogP contribution in [-0.2, 0) is 0 Å². The molecule has 1 aromatic carbocycles. The Kier molecular flexibility index (Phi) is 1.70. The zero-order valence-electron chi connectivity index (χ0n) is 7.15. The molecule has 0 aliphatic rings. The third-order valence-corrected chi connectivity index (χ3v) is 1.78. The van der Waals surface area contributed by atoms with Gasteiger partial charge < -0.3 is 10.8 Å². The molecule has 0 saturated carbocycles. The molecule has 0 atom stereocenters. The van der Waals surface area contributed by atoms with E-state index >= 15 is 0 Å². The quantitative estimate of drug-likeness (QED) is 0.394. The second kappa shape index (κ2) is 2.85. The van der Waals surface area contributed by atoms with Crippen molar-refractivity contribution in [2.75, 3.05) is 0 Å². The van der Waals surface area contributed by atoms with E-state index in [1.54, 1.807) is 0 Å². The number of benzene rings is 1. The molecule has 13 heavy (non-hydrogen) atoms. The van der Waals surface area contributed by atoms with Crippen molar-refractivity contribution < 1.29 is 0 Å². The molecular formula is C8H9N5. The molecule has 3 N–H and O–H groups in total. The van der Waals surface area contributed by atoms with E-state index in [-0.39, 0.29) is 0 Å². The fraction of sp³-hybridized carbons (Fsp3) is 0.125. The third kappa shape index (κ3) is 1.35. The summed E-state index contributed by atoms with van der Waals surface area (Å²) in [6.45, 7) is 2.02. The SMILES string of the molecule is Cc1ccc2nc(N=NN)[nH]c2c1. The Balaban J connectivity index is 2.62. The average molecular weight is 175 g/mol. The Morgan fingerprint density at radius 3 is 3.08 bits per heavy atom. The minimum Gasteiger partial charge on any atom is -0.321 e.